The van der Waals surface area contributed by atoms with Gasteiger partial charge in [0, 0.05) is 6.07 Å². The summed E-state index contributed by atoms with van der Waals surface area (Å²) in [6.45, 7) is 1.06. The lowest BCUT2D eigenvalue weighted by Crippen LogP contribution is -1.98. The minimum absolute atomic E-state index is 0.402. The molecule has 13 heavy (non-hydrogen) atoms. The second kappa shape index (κ2) is 3.22. The number of benzene rings is 1. The van der Waals surface area contributed by atoms with E-state index in [9.17, 15) is 9.18 Å². The molecule has 0 amide bonds. The molecule has 0 aliphatic carbocycles. The minimum Gasteiger partial charge on any atom is -0.504 e. The molecule has 0 saturated carbocycles. The van der Waals surface area contributed by atoms with Crippen molar-refractivity contribution in [3.05, 3.63) is 22.5 Å². The number of ketones is 1. The fourth-order valence-electron chi connectivity index (χ4n) is 0.924. The summed E-state index contributed by atoms with van der Waals surface area (Å²) in [4.78, 5) is 10.8. The fraction of sp³-hybridized carbons (Fsp3) is 0.125. The normalized spacial score (nSPS) is 10.1. The summed E-state index contributed by atoms with van der Waals surface area (Å²) in [7, 11) is 0. The van der Waals surface area contributed by atoms with Gasteiger partial charge in [0.05, 0.1) is 5.02 Å². The van der Waals surface area contributed by atoms with E-state index in [-0.39, 0.29) is 0 Å². The van der Waals surface area contributed by atoms with Crippen molar-refractivity contribution in [2.45, 2.75) is 6.92 Å². The number of phenols is 2. The van der Waals surface area contributed by atoms with Crippen LogP contribution in [0.4, 0.5) is 4.39 Å². The molecule has 2 N–H and O–H groups in total. The van der Waals surface area contributed by atoms with Gasteiger partial charge in [0.15, 0.2) is 23.1 Å². The van der Waals surface area contributed by atoms with Gasteiger partial charge in [-0.1, -0.05) is 11.6 Å². The maximum absolute atomic E-state index is 13.1. The van der Waals surface area contributed by atoms with E-state index in [0.717, 1.165) is 13.0 Å². The number of Topliss-reactive ketones (excluding diaryl/α,β-unsaturated/α-hetero) is 1. The van der Waals surface area contributed by atoms with Crippen LogP contribution in [0.5, 0.6) is 11.5 Å². The zero-order valence-corrected chi connectivity index (χ0v) is 7.39. The van der Waals surface area contributed by atoms with Crippen molar-refractivity contribution in [3.8, 4) is 11.5 Å². The van der Waals surface area contributed by atoms with Gasteiger partial charge in [0.1, 0.15) is 5.56 Å². The molecule has 1 aromatic carbocycles. The number of hydrogen-bond donors (Lipinski definition) is 2. The van der Waals surface area contributed by atoms with E-state index >= 15 is 0 Å². The van der Waals surface area contributed by atoms with Crippen LogP contribution >= 0.6 is 11.6 Å². The van der Waals surface area contributed by atoms with Crippen molar-refractivity contribution in [1.82, 2.24) is 0 Å². The maximum atomic E-state index is 13.1. The van der Waals surface area contributed by atoms with E-state index in [0.29, 0.717) is 0 Å². The Balaban J connectivity index is 3.56. The summed E-state index contributed by atoms with van der Waals surface area (Å²) in [5.74, 6) is -3.12. The Hall–Kier alpha value is -1.29. The van der Waals surface area contributed by atoms with Gasteiger partial charge < -0.3 is 10.2 Å². The van der Waals surface area contributed by atoms with Crippen LogP contribution in [0.15, 0.2) is 6.07 Å². The summed E-state index contributed by atoms with van der Waals surface area (Å²) < 4.78 is 13.1. The molecule has 3 nitrogen and oxygen atoms in total. The maximum Gasteiger partial charge on any atom is 0.171 e. The predicted octanol–water partition coefficient (Wildman–Crippen LogP) is 2.09. The Morgan fingerprint density at radius 2 is 2.08 bits per heavy atom. The molecule has 0 unspecified atom stereocenters. The molecule has 0 fully saturated rings. The number of carbonyl (C=O) groups is 1. The van der Waals surface area contributed by atoms with Crippen molar-refractivity contribution in [2.75, 3.05) is 0 Å². The lowest BCUT2D eigenvalue weighted by atomic mass is 10.1. The molecule has 0 bridgehead atoms. The third kappa shape index (κ3) is 1.58. The van der Waals surface area contributed by atoms with Crippen LogP contribution in [0.25, 0.3) is 0 Å². The van der Waals surface area contributed by atoms with Crippen LogP contribution in [0.2, 0.25) is 5.02 Å². The number of halogens is 2. The van der Waals surface area contributed by atoms with Gasteiger partial charge in [0.2, 0.25) is 0 Å². The standard InChI is InChI=1S/C8H6ClFO3/c1-3(11)6-7(10)4(9)2-5(12)8(6)13/h2,12-13H,1H3. The lowest BCUT2D eigenvalue weighted by molar-refractivity contribution is 0.101. The first-order valence-corrected chi connectivity index (χ1v) is 3.73. The number of rotatable bonds is 1. The van der Waals surface area contributed by atoms with Gasteiger partial charge in [0.25, 0.3) is 0 Å². The van der Waals surface area contributed by atoms with Gasteiger partial charge in [-0.2, -0.15) is 0 Å². The third-order valence-electron chi connectivity index (χ3n) is 1.52. The van der Waals surface area contributed by atoms with Crippen LogP contribution in [0.3, 0.4) is 0 Å². The highest BCUT2D eigenvalue weighted by Gasteiger charge is 2.19. The lowest BCUT2D eigenvalue weighted by Gasteiger charge is -2.05. The summed E-state index contributed by atoms with van der Waals surface area (Å²) in [5, 5.41) is 17.7. The van der Waals surface area contributed by atoms with Crippen LogP contribution in [0, 0.1) is 5.82 Å². The summed E-state index contributed by atoms with van der Waals surface area (Å²) >= 11 is 5.34. The molecule has 1 rings (SSSR count). The first-order valence-electron chi connectivity index (χ1n) is 3.36. The van der Waals surface area contributed by atoms with Crippen molar-refractivity contribution in [2.24, 2.45) is 0 Å². The number of aromatic hydroxyl groups is 2. The van der Waals surface area contributed by atoms with E-state index < -0.39 is 33.7 Å². The van der Waals surface area contributed by atoms with Crippen molar-refractivity contribution in [1.29, 1.82) is 0 Å². The predicted molar refractivity (Wildman–Crippen MR) is 44.7 cm³/mol. The Morgan fingerprint density at radius 3 is 2.54 bits per heavy atom. The summed E-state index contributed by atoms with van der Waals surface area (Å²) in [6.07, 6.45) is 0. The molecular formula is C8H6ClFO3. The molecule has 0 saturated heterocycles. The average molecular weight is 205 g/mol. The number of hydrogen-bond acceptors (Lipinski definition) is 3. The first kappa shape index (κ1) is 9.80. The molecule has 0 radical (unpaired) electrons. The molecule has 0 heterocycles. The van der Waals surface area contributed by atoms with Crippen LogP contribution in [-0.4, -0.2) is 16.0 Å². The number of carbonyl (C=O) groups excluding carboxylic acids is 1. The average Bonchev–Trinajstić information content (AvgIpc) is 2.01. The largest absolute Gasteiger partial charge is 0.504 e. The summed E-state index contributed by atoms with van der Waals surface area (Å²) in [6, 6.07) is 0.832. The zero-order chi connectivity index (χ0) is 10.2. The molecule has 0 aromatic heterocycles. The van der Waals surface area contributed by atoms with Crippen LogP contribution < -0.4 is 0 Å². The van der Waals surface area contributed by atoms with Gasteiger partial charge >= 0.3 is 0 Å². The molecule has 0 atom stereocenters. The molecule has 5 heteroatoms. The monoisotopic (exact) mass is 204 g/mol. The second-order valence-electron chi connectivity index (χ2n) is 2.47. The Bertz CT molecular complexity index is 350. The van der Waals surface area contributed by atoms with Crippen molar-refractivity contribution in [3.63, 3.8) is 0 Å². The highest BCUT2D eigenvalue weighted by atomic mass is 35.5. The van der Waals surface area contributed by atoms with Crippen LogP contribution in [-0.2, 0) is 0 Å². The Kier molecular flexibility index (Phi) is 2.43. The quantitative estimate of drug-likeness (QED) is 0.544. The molecule has 0 spiro atoms. The topological polar surface area (TPSA) is 57.5 Å². The number of phenolic OH excluding ortho intramolecular Hbond substituents is 2. The zero-order valence-electron chi connectivity index (χ0n) is 6.64. The first-order chi connectivity index (χ1) is 5.95. The highest BCUT2D eigenvalue weighted by Crippen LogP contribution is 2.35. The van der Waals surface area contributed by atoms with Gasteiger partial charge in [-0.15, -0.1) is 0 Å². The van der Waals surface area contributed by atoms with Gasteiger partial charge in [-0.05, 0) is 6.92 Å². The smallest absolute Gasteiger partial charge is 0.171 e. The van der Waals surface area contributed by atoms with E-state index in [1.54, 1.807) is 0 Å². The van der Waals surface area contributed by atoms with Crippen molar-refractivity contribution >= 4 is 17.4 Å². The SMILES string of the molecule is CC(=O)c1c(O)c(O)cc(Cl)c1F. The van der Waals surface area contributed by atoms with E-state index in [2.05, 4.69) is 0 Å². The van der Waals surface area contributed by atoms with E-state index in [1.807, 2.05) is 0 Å². The second-order valence-corrected chi connectivity index (χ2v) is 2.88. The molecule has 70 valence electrons. The Labute approximate surface area is 78.4 Å². The third-order valence-corrected chi connectivity index (χ3v) is 1.80. The molecule has 0 aliphatic heterocycles. The molecular weight excluding hydrogens is 199 g/mol. The van der Waals surface area contributed by atoms with E-state index in [4.69, 9.17) is 21.8 Å². The van der Waals surface area contributed by atoms with Crippen molar-refractivity contribution < 1.29 is 19.4 Å². The van der Waals surface area contributed by atoms with Gasteiger partial charge in [-0.25, -0.2) is 4.39 Å². The van der Waals surface area contributed by atoms with Crippen LogP contribution in [0.1, 0.15) is 17.3 Å². The highest BCUT2D eigenvalue weighted by molar-refractivity contribution is 6.31. The van der Waals surface area contributed by atoms with Gasteiger partial charge in [-0.3, -0.25) is 4.79 Å². The Morgan fingerprint density at radius 1 is 1.54 bits per heavy atom. The van der Waals surface area contributed by atoms with E-state index in [1.165, 1.54) is 0 Å². The fourth-order valence-corrected chi connectivity index (χ4v) is 1.12. The minimum atomic E-state index is -1.02. The summed E-state index contributed by atoms with van der Waals surface area (Å²) in [5.41, 5.74) is -0.593. The molecule has 1 aromatic rings. The molecule has 0 aliphatic rings.